The number of anilines is 1. The Labute approximate surface area is 148 Å². The van der Waals surface area contributed by atoms with Gasteiger partial charge in [0, 0.05) is 25.7 Å². The topological polar surface area (TPSA) is 102 Å². The lowest BCUT2D eigenvalue weighted by Gasteiger charge is -2.26. The maximum atomic E-state index is 12.2. The molecule has 1 aliphatic heterocycles. The van der Waals surface area contributed by atoms with Crippen LogP contribution in [0.5, 0.6) is 0 Å². The summed E-state index contributed by atoms with van der Waals surface area (Å²) >= 11 is 1.28. The molecule has 1 N–H and O–H groups in total. The lowest BCUT2D eigenvalue weighted by Crippen LogP contribution is -2.41. The van der Waals surface area contributed by atoms with E-state index in [1.807, 2.05) is 6.07 Å². The van der Waals surface area contributed by atoms with Gasteiger partial charge in [-0.1, -0.05) is 17.8 Å². The molecule has 2 heterocycles. The molecule has 2 aromatic rings. The summed E-state index contributed by atoms with van der Waals surface area (Å²) in [6, 6.07) is 7.18. The average molecular weight is 362 g/mol. The number of hydrogen-bond acceptors (Lipinski definition) is 7. The number of tetrazole rings is 1. The predicted molar refractivity (Wildman–Crippen MR) is 91.6 cm³/mol. The normalized spacial score (nSPS) is 14.4. The fraction of sp³-hybridized carbons (Fsp3) is 0.400. The zero-order valence-corrected chi connectivity index (χ0v) is 14.5. The largest absolute Gasteiger partial charge is 0.378 e. The predicted octanol–water partition coefficient (Wildman–Crippen LogP) is 0.572. The van der Waals surface area contributed by atoms with Crippen LogP contribution in [-0.4, -0.2) is 69.0 Å². The number of morpholine rings is 1. The Balaban J connectivity index is 1.68. The Morgan fingerprint density at radius 3 is 2.88 bits per heavy atom. The second kappa shape index (κ2) is 8.08. The monoisotopic (exact) mass is 362 g/mol. The highest BCUT2D eigenvalue weighted by atomic mass is 32.2. The molecule has 2 amide bonds. The van der Waals surface area contributed by atoms with Crippen LogP contribution in [0.2, 0.25) is 0 Å². The molecular weight excluding hydrogens is 344 g/mol. The van der Waals surface area contributed by atoms with Gasteiger partial charge in [-0.25, -0.2) is 0 Å². The van der Waals surface area contributed by atoms with Crippen LogP contribution in [0.4, 0.5) is 5.69 Å². The van der Waals surface area contributed by atoms with Crippen molar-refractivity contribution < 1.29 is 14.3 Å². The van der Waals surface area contributed by atoms with Gasteiger partial charge in [-0.2, -0.15) is 4.68 Å². The zero-order valence-electron chi connectivity index (χ0n) is 13.7. The summed E-state index contributed by atoms with van der Waals surface area (Å²) in [5.74, 6) is 0.139. The number of hydrogen-bond donors (Lipinski definition) is 1. The van der Waals surface area contributed by atoms with Crippen molar-refractivity contribution >= 4 is 29.3 Å². The molecule has 10 heteroatoms. The number of carbonyl (C=O) groups is 2. The minimum absolute atomic E-state index is 0.0369. The molecule has 1 aliphatic rings. The summed E-state index contributed by atoms with van der Waals surface area (Å²) in [5.41, 5.74) is 1.36. The number of thioether (sulfide) groups is 1. The average Bonchev–Trinajstić information content (AvgIpc) is 3.08. The molecule has 1 fully saturated rings. The van der Waals surface area contributed by atoms with Crippen LogP contribution in [0.1, 0.15) is 6.92 Å². The van der Waals surface area contributed by atoms with E-state index in [9.17, 15) is 9.59 Å². The van der Waals surface area contributed by atoms with Crippen molar-refractivity contribution in [2.75, 3.05) is 37.4 Å². The van der Waals surface area contributed by atoms with Crippen LogP contribution < -0.4 is 5.32 Å². The summed E-state index contributed by atoms with van der Waals surface area (Å²) in [7, 11) is 0. The summed E-state index contributed by atoms with van der Waals surface area (Å²) in [4.78, 5) is 25.2. The van der Waals surface area contributed by atoms with Gasteiger partial charge in [0.1, 0.15) is 0 Å². The van der Waals surface area contributed by atoms with Crippen LogP contribution in [0.25, 0.3) is 5.69 Å². The van der Waals surface area contributed by atoms with Crippen LogP contribution in [-0.2, 0) is 14.3 Å². The number of nitrogens with zero attached hydrogens (tertiary/aromatic N) is 5. The van der Waals surface area contributed by atoms with Crippen molar-refractivity contribution in [3.8, 4) is 5.69 Å². The smallest absolute Gasteiger partial charge is 0.233 e. The SMILES string of the molecule is CC(=O)Nc1cccc(-n2nnnc2SCC(=O)N2CCOCC2)c1. The molecule has 9 nitrogen and oxygen atoms in total. The molecule has 1 aromatic heterocycles. The fourth-order valence-corrected chi connectivity index (χ4v) is 3.17. The van der Waals surface area contributed by atoms with E-state index < -0.39 is 0 Å². The molecule has 3 rings (SSSR count). The first-order chi connectivity index (χ1) is 12.1. The second-order valence-electron chi connectivity index (χ2n) is 5.39. The minimum Gasteiger partial charge on any atom is -0.378 e. The van der Waals surface area contributed by atoms with E-state index in [4.69, 9.17) is 4.74 Å². The van der Waals surface area contributed by atoms with Crippen molar-refractivity contribution in [2.24, 2.45) is 0 Å². The molecule has 0 atom stereocenters. The Kier molecular flexibility index (Phi) is 5.61. The van der Waals surface area contributed by atoms with Gasteiger partial charge in [0.2, 0.25) is 17.0 Å². The van der Waals surface area contributed by atoms with Gasteiger partial charge in [0.15, 0.2) is 0 Å². The number of nitrogens with one attached hydrogen (secondary N) is 1. The van der Waals surface area contributed by atoms with Gasteiger partial charge in [0.25, 0.3) is 0 Å². The molecular formula is C15H18N6O3S. The van der Waals surface area contributed by atoms with E-state index in [0.717, 1.165) is 0 Å². The van der Waals surface area contributed by atoms with Gasteiger partial charge < -0.3 is 15.0 Å². The van der Waals surface area contributed by atoms with E-state index in [1.54, 1.807) is 27.8 Å². The summed E-state index contributed by atoms with van der Waals surface area (Å²) in [6.45, 7) is 3.82. The summed E-state index contributed by atoms with van der Waals surface area (Å²) in [5, 5.41) is 14.9. The van der Waals surface area contributed by atoms with Crippen molar-refractivity contribution in [3.05, 3.63) is 24.3 Å². The molecule has 0 unspecified atom stereocenters. The van der Waals surface area contributed by atoms with E-state index in [2.05, 4.69) is 20.8 Å². The quantitative estimate of drug-likeness (QED) is 0.776. The fourth-order valence-electron chi connectivity index (χ4n) is 2.38. The summed E-state index contributed by atoms with van der Waals surface area (Å²) in [6.07, 6.45) is 0. The molecule has 1 aromatic carbocycles. The first kappa shape index (κ1) is 17.4. The summed E-state index contributed by atoms with van der Waals surface area (Å²) < 4.78 is 6.79. The van der Waals surface area contributed by atoms with Crippen molar-refractivity contribution in [1.29, 1.82) is 0 Å². The number of rotatable bonds is 5. The number of benzene rings is 1. The molecule has 132 valence electrons. The second-order valence-corrected chi connectivity index (χ2v) is 6.33. The molecule has 0 saturated carbocycles. The van der Waals surface area contributed by atoms with Crippen LogP contribution in [0.3, 0.4) is 0 Å². The van der Waals surface area contributed by atoms with Crippen LogP contribution >= 0.6 is 11.8 Å². The van der Waals surface area contributed by atoms with Gasteiger partial charge in [-0.15, -0.1) is 5.10 Å². The maximum Gasteiger partial charge on any atom is 0.233 e. The highest BCUT2D eigenvalue weighted by molar-refractivity contribution is 7.99. The Morgan fingerprint density at radius 2 is 2.12 bits per heavy atom. The van der Waals surface area contributed by atoms with Crippen LogP contribution in [0, 0.1) is 0 Å². The van der Waals surface area contributed by atoms with E-state index in [1.165, 1.54) is 18.7 Å². The van der Waals surface area contributed by atoms with Gasteiger partial charge in [-0.3, -0.25) is 9.59 Å². The standard InChI is InChI=1S/C15H18N6O3S/c1-11(22)16-12-3-2-4-13(9-12)21-15(17-18-19-21)25-10-14(23)20-5-7-24-8-6-20/h2-4,9H,5-8,10H2,1H3,(H,16,22). The molecule has 0 spiro atoms. The van der Waals surface area contributed by atoms with Crippen LogP contribution in [0.15, 0.2) is 29.4 Å². The zero-order chi connectivity index (χ0) is 17.6. The van der Waals surface area contributed by atoms with Gasteiger partial charge >= 0.3 is 0 Å². The third-order valence-electron chi connectivity index (χ3n) is 3.54. The third kappa shape index (κ3) is 4.54. The minimum atomic E-state index is -0.153. The lowest BCUT2D eigenvalue weighted by molar-refractivity contribution is -0.132. The third-order valence-corrected chi connectivity index (χ3v) is 4.44. The lowest BCUT2D eigenvalue weighted by atomic mass is 10.3. The molecule has 1 saturated heterocycles. The molecule has 0 radical (unpaired) electrons. The number of amides is 2. The van der Waals surface area contributed by atoms with Crippen molar-refractivity contribution in [3.63, 3.8) is 0 Å². The molecule has 0 aliphatic carbocycles. The highest BCUT2D eigenvalue weighted by Gasteiger charge is 2.18. The first-order valence-electron chi connectivity index (χ1n) is 7.78. The van der Waals surface area contributed by atoms with Gasteiger partial charge in [0.05, 0.1) is 24.7 Å². The van der Waals surface area contributed by atoms with E-state index >= 15 is 0 Å². The van der Waals surface area contributed by atoms with Crippen molar-refractivity contribution in [1.82, 2.24) is 25.1 Å². The molecule has 25 heavy (non-hydrogen) atoms. The van der Waals surface area contributed by atoms with E-state index in [0.29, 0.717) is 42.8 Å². The first-order valence-corrected chi connectivity index (χ1v) is 8.77. The number of ether oxygens (including phenoxy) is 1. The maximum absolute atomic E-state index is 12.2. The van der Waals surface area contributed by atoms with Crippen molar-refractivity contribution in [2.45, 2.75) is 12.1 Å². The Bertz CT molecular complexity index is 759. The van der Waals surface area contributed by atoms with E-state index in [-0.39, 0.29) is 17.6 Å². The molecule has 0 bridgehead atoms. The van der Waals surface area contributed by atoms with Gasteiger partial charge in [-0.05, 0) is 28.6 Å². The number of aromatic nitrogens is 4. The number of carbonyl (C=O) groups excluding carboxylic acids is 2. The Morgan fingerprint density at radius 1 is 1.32 bits per heavy atom. The Hall–Kier alpha value is -2.46. The highest BCUT2D eigenvalue weighted by Crippen LogP contribution is 2.21.